The second-order valence-electron chi connectivity index (χ2n) is 8.89. The molecule has 0 radical (unpaired) electrons. The molecule has 0 aromatic heterocycles. The number of hydrogen-bond donors (Lipinski definition) is 1. The van der Waals surface area contributed by atoms with Crippen molar-refractivity contribution in [3.05, 3.63) is 55.4 Å². The van der Waals surface area contributed by atoms with E-state index in [1.165, 1.54) is 16.7 Å². The SMILES string of the molecule is CC1=C(C)C(C)[C]([Hf+2]([NH]C(=O)c2ccccc2C(C)(C)C)[SiH](C)C)=C1C.[Cl-].[Cl-]. The average molecular weight is 606 g/mol. The Labute approximate surface area is 193 Å². The van der Waals surface area contributed by atoms with Crippen molar-refractivity contribution in [3.63, 3.8) is 0 Å². The van der Waals surface area contributed by atoms with Crippen molar-refractivity contribution in [1.29, 1.82) is 0 Å². The van der Waals surface area contributed by atoms with Gasteiger partial charge in [-0.05, 0) is 0 Å². The molecule has 2 nitrogen and oxygen atoms in total. The summed E-state index contributed by atoms with van der Waals surface area (Å²) >= 11 is -2.37. The minimum absolute atomic E-state index is 0. The van der Waals surface area contributed by atoms with Crippen LogP contribution in [0.25, 0.3) is 0 Å². The third-order valence-electron chi connectivity index (χ3n) is 5.74. The zero-order valence-electron chi connectivity index (χ0n) is 18.6. The summed E-state index contributed by atoms with van der Waals surface area (Å²) in [6, 6.07) is 8.12. The minimum atomic E-state index is -2.37. The van der Waals surface area contributed by atoms with E-state index in [0.29, 0.717) is 5.92 Å². The Kier molecular flexibility index (Phi) is 10.7. The summed E-state index contributed by atoms with van der Waals surface area (Å²) in [4.78, 5) is 13.3. The first kappa shape index (κ1) is 27.8. The summed E-state index contributed by atoms with van der Waals surface area (Å²) < 4.78 is 5.29. The Bertz CT molecular complexity index is 781. The van der Waals surface area contributed by atoms with Gasteiger partial charge in [0.15, 0.2) is 0 Å². The Morgan fingerprint density at radius 1 is 1.04 bits per heavy atom. The van der Waals surface area contributed by atoms with Crippen LogP contribution in [0.2, 0.25) is 13.1 Å². The van der Waals surface area contributed by atoms with Gasteiger partial charge in [0.05, 0.1) is 0 Å². The zero-order chi connectivity index (χ0) is 19.8. The molecule has 1 aliphatic rings. The van der Waals surface area contributed by atoms with Crippen LogP contribution in [0.1, 0.15) is 64.4 Å². The molecule has 0 bridgehead atoms. The Balaban J connectivity index is 0.00000364. The fourth-order valence-electron chi connectivity index (χ4n) is 3.85. The van der Waals surface area contributed by atoms with Crippen LogP contribution in [0.15, 0.2) is 44.3 Å². The van der Waals surface area contributed by atoms with E-state index in [1.54, 1.807) is 3.33 Å². The molecule has 0 heterocycles. The zero-order valence-corrected chi connectivity index (χ0v) is 24.9. The minimum Gasteiger partial charge on any atom is -1.00 e. The van der Waals surface area contributed by atoms with Crippen LogP contribution in [0, 0.1) is 5.92 Å². The third kappa shape index (κ3) is 5.71. The molecule has 0 aliphatic heterocycles. The van der Waals surface area contributed by atoms with Gasteiger partial charge in [-0.3, -0.25) is 0 Å². The van der Waals surface area contributed by atoms with Crippen molar-refractivity contribution in [2.24, 2.45) is 5.92 Å². The van der Waals surface area contributed by atoms with Crippen molar-refractivity contribution in [1.82, 2.24) is 3.30 Å². The number of nitrogens with one attached hydrogen (secondary N) is 1. The number of rotatable bonds is 4. The van der Waals surface area contributed by atoms with Gasteiger partial charge in [-0.25, -0.2) is 0 Å². The Morgan fingerprint density at radius 3 is 2.00 bits per heavy atom. The fraction of sp³-hybridized carbons (Fsp3) is 0.500. The number of allylic oxidation sites excluding steroid dienone is 4. The van der Waals surface area contributed by atoms with Crippen LogP contribution < -0.4 is 28.1 Å². The molecule has 1 unspecified atom stereocenters. The molecule has 0 saturated heterocycles. The standard InChI is InChI=1S/C11H15NO.C9H13.C2H7Si.2ClH.Hf/c1-11(2,3)9-7-5-4-6-8(9)10(12)13;1-6-5-7(2)9(4)8(6)3;1-3-2;;;/h4-7H,1-3H3,(H2,12,13);6H,1-4H3;3H,1-2H3;2*1H;/q;;;;;+3/p-3. The molecule has 1 aromatic rings. The summed E-state index contributed by atoms with van der Waals surface area (Å²) in [6.45, 7) is 20.5. The largest absolute Gasteiger partial charge is 1.00 e. The molecular formula is C22H34Cl2HfNOSi. The van der Waals surface area contributed by atoms with E-state index in [4.69, 9.17) is 0 Å². The fourth-order valence-corrected chi connectivity index (χ4v) is 25.9. The molecule has 0 spiro atoms. The van der Waals surface area contributed by atoms with Gasteiger partial charge < -0.3 is 24.8 Å². The molecule has 0 fully saturated rings. The van der Waals surface area contributed by atoms with Crippen molar-refractivity contribution >= 4 is 11.9 Å². The Hall–Kier alpha value is -0.163. The Morgan fingerprint density at radius 2 is 1.57 bits per heavy atom. The van der Waals surface area contributed by atoms with E-state index >= 15 is 0 Å². The van der Waals surface area contributed by atoms with Crippen LogP contribution in [0.3, 0.4) is 0 Å². The van der Waals surface area contributed by atoms with Crippen LogP contribution >= 0.6 is 0 Å². The predicted molar refractivity (Wildman–Crippen MR) is 112 cm³/mol. The first-order valence-corrected chi connectivity index (χ1v) is 22.3. The second-order valence-corrected chi connectivity index (χ2v) is 34.2. The maximum Gasteiger partial charge on any atom is -1.00 e. The number of hydrogen-bond acceptors (Lipinski definition) is 1. The van der Waals surface area contributed by atoms with E-state index in [1.807, 2.05) is 18.2 Å². The van der Waals surface area contributed by atoms with E-state index < -0.39 is 26.9 Å². The summed E-state index contributed by atoms with van der Waals surface area (Å²) in [5.74, 6) is -0.231. The van der Waals surface area contributed by atoms with Crippen molar-refractivity contribution < 1.29 is 50.5 Å². The van der Waals surface area contributed by atoms with Crippen LogP contribution in [-0.4, -0.2) is 11.9 Å². The quantitative estimate of drug-likeness (QED) is 0.461. The average Bonchev–Trinajstić information content (AvgIpc) is 2.75. The van der Waals surface area contributed by atoms with Crippen molar-refractivity contribution in [2.45, 2.75) is 67.0 Å². The van der Waals surface area contributed by atoms with E-state index in [9.17, 15) is 4.79 Å². The predicted octanol–water partition coefficient (Wildman–Crippen LogP) is -0.501. The summed E-state index contributed by atoms with van der Waals surface area (Å²) in [7, 11) is 0. The molecule has 1 atom stereocenters. The molecular weight excluding hydrogens is 572 g/mol. The van der Waals surface area contributed by atoms with Crippen molar-refractivity contribution in [2.75, 3.05) is 0 Å². The van der Waals surface area contributed by atoms with Gasteiger partial charge in [-0.1, -0.05) is 0 Å². The molecule has 6 heteroatoms. The van der Waals surface area contributed by atoms with Gasteiger partial charge >= 0.3 is 169 Å². The maximum atomic E-state index is 13.3. The van der Waals surface area contributed by atoms with Gasteiger partial charge in [0.1, 0.15) is 0 Å². The topological polar surface area (TPSA) is 29.1 Å². The van der Waals surface area contributed by atoms with Crippen molar-refractivity contribution in [3.8, 4) is 0 Å². The molecule has 2 rings (SSSR count). The van der Waals surface area contributed by atoms with E-state index in [-0.39, 0.29) is 36.1 Å². The number of benzene rings is 1. The molecule has 28 heavy (non-hydrogen) atoms. The molecule has 155 valence electrons. The maximum absolute atomic E-state index is 13.3. The molecule has 0 saturated carbocycles. The van der Waals surface area contributed by atoms with Gasteiger partial charge in [-0.2, -0.15) is 0 Å². The first-order chi connectivity index (χ1) is 12.0. The summed E-state index contributed by atoms with van der Waals surface area (Å²) in [5, 5.41) is 0. The van der Waals surface area contributed by atoms with E-state index in [0.717, 1.165) is 11.1 Å². The number of carbonyl (C=O) groups is 1. The van der Waals surface area contributed by atoms with E-state index in [2.05, 4.69) is 70.9 Å². The van der Waals surface area contributed by atoms with Crippen LogP contribution in [0.5, 0.6) is 0 Å². The molecule has 1 N–H and O–H groups in total. The number of halogens is 2. The molecule has 1 aromatic carbocycles. The summed E-state index contributed by atoms with van der Waals surface area (Å²) in [5.41, 5.74) is 6.40. The van der Waals surface area contributed by atoms with Gasteiger partial charge in [0.25, 0.3) is 0 Å². The smallest absolute Gasteiger partial charge is 1.00 e. The van der Waals surface area contributed by atoms with Crippen LogP contribution in [0.4, 0.5) is 0 Å². The first-order valence-electron chi connectivity index (χ1n) is 9.63. The number of amides is 1. The normalized spacial score (nSPS) is 16.7. The second kappa shape index (κ2) is 10.7. The van der Waals surface area contributed by atoms with Gasteiger partial charge in [0.2, 0.25) is 0 Å². The van der Waals surface area contributed by atoms with Gasteiger partial charge in [0, 0.05) is 0 Å². The molecule has 1 amide bonds. The molecule has 1 aliphatic carbocycles. The summed E-state index contributed by atoms with van der Waals surface area (Å²) in [6.07, 6.45) is 0. The van der Waals surface area contributed by atoms with Gasteiger partial charge in [-0.15, -0.1) is 0 Å². The third-order valence-corrected chi connectivity index (χ3v) is 29.8. The monoisotopic (exact) mass is 606 g/mol. The number of carbonyl (C=O) groups excluding carboxylic acids is 1. The van der Waals surface area contributed by atoms with Crippen LogP contribution in [-0.2, 0) is 26.3 Å².